The third-order valence-corrected chi connectivity index (χ3v) is 5.26. The summed E-state index contributed by atoms with van der Waals surface area (Å²) in [7, 11) is 0. The predicted molar refractivity (Wildman–Crippen MR) is 92.6 cm³/mol. The van der Waals surface area contributed by atoms with Crippen molar-refractivity contribution >= 4 is 39.5 Å². The molecule has 1 aromatic rings. The highest BCUT2D eigenvalue weighted by Gasteiger charge is 2.51. The molecule has 0 bridgehead atoms. The first-order chi connectivity index (χ1) is 11.4. The van der Waals surface area contributed by atoms with Crippen molar-refractivity contribution in [2.75, 3.05) is 25.0 Å². The SMILES string of the molecule is Cc1cc(NC(=O)CN2C(=O)NC3(CCCNC3)C2=O)ccc1Br. The first-order valence-corrected chi connectivity index (χ1v) is 8.61. The second kappa shape index (κ2) is 6.52. The van der Waals surface area contributed by atoms with Gasteiger partial charge >= 0.3 is 6.03 Å². The highest BCUT2D eigenvalue weighted by molar-refractivity contribution is 9.10. The number of carbonyl (C=O) groups is 3. The minimum absolute atomic E-state index is 0.290. The van der Waals surface area contributed by atoms with Crippen molar-refractivity contribution in [1.29, 1.82) is 0 Å². The number of benzene rings is 1. The highest BCUT2D eigenvalue weighted by atomic mass is 79.9. The molecule has 0 saturated carbocycles. The predicted octanol–water partition coefficient (Wildman–Crippen LogP) is 1.37. The van der Waals surface area contributed by atoms with Gasteiger partial charge in [-0.25, -0.2) is 4.79 Å². The number of piperidine rings is 1. The van der Waals surface area contributed by atoms with Crippen LogP contribution in [0.4, 0.5) is 10.5 Å². The Balaban J connectivity index is 1.66. The van der Waals surface area contributed by atoms with Crippen LogP contribution in [0.5, 0.6) is 0 Å². The smallest absolute Gasteiger partial charge is 0.325 e. The average molecular weight is 395 g/mol. The van der Waals surface area contributed by atoms with E-state index in [4.69, 9.17) is 0 Å². The van der Waals surface area contributed by atoms with Gasteiger partial charge in [-0.1, -0.05) is 15.9 Å². The third kappa shape index (κ3) is 3.16. The van der Waals surface area contributed by atoms with E-state index in [1.54, 1.807) is 6.07 Å². The molecule has 0 radical (unpaired) electrons. The van der Waals surface area contributed by atoms with E-state index in [-0.39, 0.29) is 12.5 Å². The first-order valence-electron chi connectivity index (χ1n) is 7.82. The van der Waals surface area contributed by atoms with Crippen molar-refractivity contribution in [2.45, 2.75) is 25.3 Å². The van der Waals surface area contributed by atoms with Gasteiger partial charge in [0, 0.05) is 16.7 Å². The van der Waals surface area contributed by atoms with E-state index in [1.807, 2.05) is 19.1 Å². The number of imide groups is 1. The monoisotopic (exact) mass is 394 g/mol. The van der Waals surface area contributed by atoms with Gasteiger partial charge in [-0.15, -0.1) is 0 Å². The Morgan fingerprint density at radius 3 is 2.88 bits per heavy atom. The zero-order valence-electron chi connectivity index (χ0n) is 13.3. The molecular weight excluding hydrogens is 376 g/mol. The summed E-state index contributed by atoms with van der Waals surface area (Å²) in [5.74, 6) is -0.733. The Hall–Kier alpha value is -1.93. The number of nitrogens with zero attached hydrogens (tertiary/aromatic N) is 1. The number of hydrogen-bond donors (Lipinski definition) is 3. The molecule has 3 rings (SSSR count). The largest absolute Gasteiger partial charge is 0.325 e. The van der Waals surface area contributed by atoms with Crippen LogP contribution >= 0.6 is 15.9 Å². The van der Waals surface area contributed by atoms with E-state index >= 15 is 0 Å². The fraction of sp³-hybridized carbons (Fsp3) is 0.438. The van der Waals surface area contributed by atoms with Crippen LogP contribution in [0.15, 0.2) is 22.7 Å². The van der Waals surface area contributed by atoms with Crippen LogP contribution in [-0.2, 0) is 9.59 Å². The van der Waals surface area contributed by atoms with Crippen molar-refractivity contribution < 1.29 is 14.4 Å². The number of nitrogens with one attached hydrogen (secondary N) is 3. The summed E-state index contributed by atoms with van der Waals surface area (Å²) in [4.78, 5) is 37.9. The number of carbonyl (C=O) groups excluding carboxylic acids is 3. The topological polar surface area (TPSA) is 90.5 Å². The Morgan fingerprint density at radius 2 is 2.21 bits per heavy atom. The minimum Gasteiger partial charge on any atom is -0.325 e. The van der Waals surface area contributed by atoms with Gasteiger partial charge in [-0.05, 0) is 50.1 Å². The van der Waals surface area contributed by atoms with Gasteiger partial charge in [-0.3, -0.25) is 14.5 Å². The van der Waals surface area contributed by atoms with Crippen molar-refractivity contribution in [2.24, 2.45) is 0 Å². The quantitative estimate of drug-likeness (QED) is 0.675. The number of urea groups is 1. The molecule has 7 nitrogen and oxygen atoms in total. The lowest BCUT2D eigenvalue weighted by atomic mass is 9.90. The molecule has 128 valence electrons. The van der Waals surface area contributed by atoms with Gasteiger partial charge < -0.3 is 16.0 Å². The second-order valence-corrected chi connectivity index (χ2v) is 7.05. The molecule has 8 heteroatoms. The molecule has 1 atom stereocenters. The van der Waals surface area contributed by atoms with Crippen molar-refractivity contribution in [3.8, 4) is 0 Å². The maximum absolute atomic E-state index is 12.6. The normalized spacial score (nSPS) is 23.5. The van der Waals surface area contributed by atoms with E-state index in [2.05, 4.69) is 31.9 Å². The number of hydrogen-bond acceptors (Lipinski definition) is 4. The Bertz CT molecular complexity index is 701. The summed E-state index contributed by atoms with van der Waals surface area (Å²) in [6.45, 7) is 2.86. The lowest BCUT2D eigenvalue weighted by Gasteiger charge is -2.31. The molecule has 2 heterocycles. The van der Waals surface area contributed by atoms with Crippen LogP contribution in [0.1, 0.15) is 18.4 Å². The Labute approximate surface area is 148 Å². The maximum Gasteiger partial charge on any atom is 0.325 e. The van der Waals surface area contributed by atoms with Crippen LogP contribution in [0, 0.1) is 6.92 Å². The number of rotatable bonds is 3. The first kappa shape index (κ1) is 16.9. The highest BCUT2D eigenvalue weighted by Crippen LogP contribution is 2.25. The maximum atomic E-state index is 12.6. The van der Waals surface area contributed by atoms with Gasteiger partial charge in [0.25, 0.3) is 5.91 Å². The molecule has 3 N–H and O–H groups in total. The van der Waals surface area contributed by atoms with Gasteiger partial charge in [0.15, 0.2) is 0 Å². The number of anilines is 1. The molecule has 0 aliphatic carbocycles. The summed E-state index contributed by atoms with van der Waals surface area (Å²) in [5.41, 5.74) is 0.709. The van der Waals surface area contributed by atoms with Crippen LogP contribution in [0.25, 0.3) is 0 Å². The molecule has 2 aliphatic heterocycles. The van der Waals surface area contributed by atoms with Crippen molar-refractivity contribution in [3.05, 3.63) is 28.2 Å². The molecule has 24 heavy (non-hydrogen) atoms. The third-order valence-electron chi connectivity index (χ3n) is 4.37. The molecule has 1 spiro atoms. The lowest BCUT2D eigenvalue weighted by molar-refractivity contribution is -0.134. The van der Waals surface area contributed by atoms with Gasteiger partial charge in [0.05, 0.1) is 0 Å². The molecule has 1 aromatic carbocycles. The number of aryl methyl sites for hydroxylation is 1. The summed E-state index contributed by atoms with van der Waals surface area (Å²) < 4.78 is 0.946. The minimum atomic E-state index is -0.899. The second-order valence-electron chi connectivity index (χ2n) is 6.20. The number of amides is 4. The average Bonchev–Trinajstić information content (AvgIpc) is 2.76. The van der Waals surface area contributed by atoms with Gasteiger partial charge in [0.1, 0.15) is 12.1 Å². The van der Waals surface area contributed by atoms with Crippen LogP contribution < -0.4 is 16.0 Å². The molecule has 4 amide bonds. The number of halogens is 1. The Morgan fingerprint density at radius 1 is 1.42 bits per heavy atom. The molecule has 2 saturated heterocycles. The lowest BCUT2D eigenvalue weighted by Crippen LogP contribution is -2.57. The van der Waals surface area contributed by atoms with Crippen LogP contribution in [0.3, 0.4) is 0 Å². The molecule has 1 unspecified atom stereocenters. The standard InChI is InChI=1S/C16H19BrN4O3/c1-10-7-11(3-4-12(10)17)19-13(22)8-21-14(23)16(20-15(21)24)5-2-6-18-9-16/h3-4,7,18H,2,5-6,8-9H2,1H3,(H,19,22)(H,20,24). The summed E-state index contributed by atoms with van der Waals surface area (Å²) in [5, 5.41) is 8.59. The van der Waals surface area contributed by atoms with E-state index in [0.29, 0.717) is 18.7 Å². The fourth-order valence-electron chi connectivity index (χ4n) is 3.08. The molecular formula is C16H19BrN4O3. The van der Waals surface area contributed by atoms with Gasteiger partial charge in [0.2, 0.25) is 5.91 Å². The summed E-state index contributed by atoms with van der Waals surface area (Å²) in [6, 6.07) is 4.90. The van der Waals surface area contributed by atoms with Crippen molar-refractivity contribution in [1.82, 2.24) is 15.5 Å². The van der Waals surface area contributed by atoms with Crippen LogP contribution in [0.2, 0.25) is 0 Å². The van der Waals surface area contributed by atoms with E-state index in [0.717, 1.165) is 27.9 Å². The molecule has 0 aromatic heterocycles. The summed E-state index contributed by atoms with van der Waals surface area (Å²) >= 11 is 3.40. The van der Waals surface area contributed by atoms with Gasteiger partial charge in [-0.2, -0.15) is 0 Å². The molecule has 2 fully saturated rings. The summed E-state index contributed by atoms with van der Waals surface area (Å²) in [6.07, 6.45) is 1.40. The van der Waals surface area contributed by atoms with Crippen LogP contribution in [-0.4, -0.2) is 47.9 Å². The van der Waals surface area contributed by atoms with E-state index in [1.165, 1.54) is 0 Å². The zero-order valence-corrected chi connectivity index (χ0v) is 14.9. The van der Waals surface area contributed by atoms with E-state index in [9.17, 15) is 14.4 Å². The Kier molecular flexibility index (Phi) is 4.60. The molecule has 2 aliphatic rings. The van der Waals surface area contributed by atoms with Crippen molar-refractivity contribution in [3.63, 3.8) is 0 Å². The van der Waals surface area contributed by atoms with E-state index < -0.39 is 17.5 Å². The fourth-order valence-corrected chi connectivity index (χ4v) is 3.33. The zero-order chi connectivity index (χ0) is 17.3.